The standard InChI is InChI=1S/C10H6FNO3S/c11-6-1-2-8(7(5-6)9(13)14)16-10-12-3-4-15-10/h1-5H,(H,13,14). The van der Waals surface area contributed by atoms with Crippen molar-refractivity contribution in [3.63, 3.8) is 0 Å². The average Bonchev–Trinajstić information content (AvgIpc) is 2.73. The molecule has 0 amide bonds. The summed E-state index contributed by atoms with van der Waals surface area (Å²) in [5, 5.41) is 9.20. The van der Waals surface area contributed by atoms with Crippen molar-refractivity contribution in [2.45, 2.75) is 10.1 Å². The molecule has 0 aliphatic carbocycles. The number of halogens is 1. The summed E-state index contributed by atoms with van der Waals surface area (Å²) in [6.45, 7) is 0. The van der Waals surface area contributed by atoms with Gasteiger partial charge >= 0.3 is 5.97 Å². The molecule has 1 aromatic carbocycles. The number of nitrogens with zero attached hydrogens (tertiary/aromatic N) is 1. The third-order valence-electron chi connectivity index (χ3n) is 1.78. The van der Waals surface area contributed by atoms with Crippen molar-refractivity contribution in [3.8, 4) is 0 Å². The second-order valence-electron chi connectivity index (χ2n) is 2.85. The third-order valence-corrected chi connectivity index (χ3v) is 2.73. The summed E-state index contributed by atoms with van der Waals surface area (Å²) in [6, 6.07) is 3.54. The molecule has 0 radical (unpaired) electrons. The highest BCUT2D eigenvalue weighted by Crippen LogP contribution is 2.29. The molecule has 1 N–H and O–H groups in total. The molecule has 0 unspecified atom stereocenters. The van der Waals surface area contributed by atoms with E-state index >= 15 is 0 Å². The van der Waals surface area contributed by atoms with E-state index in [4.69, 9.17) is 9.52 Å². The Balaban J connectivity index is 2.36. The molecule has 1 aromatic heterocycles. The molecule has 6 heteroatoms. The fourth-order valence-electron chi connectivity index (χ4n) is 1.11. The van der Waals surface area contributed by atoms with Crippen molar-refractivity contribution >= 4 is 17.7 Å². The van der Waals surface area contributed by atoms with Gasteiger partial charge < -0.3 is 9.52 Å². The third kappa shape index (κ3) is 2.22. The monoisotopic (exact) mass is 239 g/mol. The summed E-state index contributed by atoms with van der Waals surface area (Å²) in [6.07, 6.45) is 2.83. The Hall–Kier alpha value is -1.82. The van der Waals surface area contributed by atoms with Gasteiger partial charge in [-0.05, 0) is 30.0 Å². The van der Waals surface area contributed by atoms with Gasteiger partial charge in [0.25, 0.3) is 5.22 Å². The molecular formula is C10H6FNO3S. The van der Waals surface area contributed by atoms with Crippen LogP contribution in [-0.2, 0) is 0 Å². The van der Waals surface area contributed by atoms with E-state index in [0.29, 0.717) is 10.1 Å². The number of carbonyl (C=O) groups is 1. The molecule has 0 aliphatic rings. The summed E-state index contributed by atoms with van der Waals surface area (Å²) < 4.78 is 17.8. The predicted molar refractivity (Wildman–Crippen MR) is 54.0 cm³/mol. The average molecular weight is 239 g/mol. The Kier molecular flexibility index (Phi) is 2.91. The van der Waals surface area contributed by atoms with Crippen molar-refractivity contribution in [2.75, 3.05) is 0 Å². The number of benzene rings is 1. The van der Waals surface area contributed by atoms with E-state index in [-0.39, 0.29) is 5.56 Å². The zero-order valence-electron chi connectivity index (χ0n) is 7.88. The quantitative estimate of drug-likeness (QED) is 0.892. The molecule has 1 heterocycles. The zero-order valence-corrected chi connectivity index (χ0v) is 8.70. The second kappa shape index (κ2) is 4.36. The van der Waals surface area contributed by atoms with Crippen LogP contribution >= 0.6 is 11.8 Å². The molecule has 0 saturated heterocycles. The summed E-state index contributed by atoms with van der Waals surface area (Å²) in [5.74, 6) is -1.78. The van der Waals surface area contributed by atoms with Crippen LogP contribution in [0.1, 0.15) is 10.4 Å². The minimum absolute atomic E-state index is 0.108. The first-order chi connectivity index (χ1) is 7.66. The van der Waals surface area contributed by atoms with Crippen molar-refractivity contribution in [2.24, 2.45) is 0 Å². The maximum atomic E-state index is 12.9. The van der Waals surface area contributed by atoms with Crippen LogP contribution in [-0.4, -0.2) is 16.1 Å². The zero-order chi connectivity index (χ0) is 11.5. The summed E-state index contributed by atoms with van der Waals surface area (Å²) in [5.41, 5.74) is -0.108. The summed E-state index contributed by atoms with van der Waals surface area (Å²) in [4.78, 5) is 15.1. The Bertz CT molecular complexity index is 513. The molecule has 0 spiro atoms. The van der Waals surface area contributed by atoms with Crippen LogP contribution in [0.4, 0.5) is 4.39 Å². The molecule has 0 saturated carbocycles. The van der Waals surface area contributed by atoms with Gasteiger partial charge in [0.1, 0.15) is 12.1 Å². The summed E-state index contributed by atoms with van der Waals surface area (Å²) in [7, 11) is 0. The Morgan fingerprint density at radius 3 is 2.94 bits per heavy atom. The van der Waals surface area contributed by atoms with Crippen molar-refractivity contribution in [3.05, 3.63) is 42.0 Å². The van der Waals surface area contributed by atoms with Crippen LogP contribution in [0.15, 0.2) is 45.2 Å². The lowest BCUT2D eigenvalue weighted by atomic mass is 10.2. The number of rotatable bonds is 3. The van der Waals surface area contributed by atoms with Crippen LogP contribution in [0.5, 0.6) is 0 Å². The highest BCUT2D eigenvalue weighted by atomic mass is 32.2. The molecule has 16 heavy (non-hydrogen) atoms. The van der Waals surface area contributed by atoms with Gasteiger partial charge in [-0.1, -0.05) is 0 Å². The van der Waals surface area contributed by atoms with Crippen molar-refractivity contribution in [1.29, 1.82) is 0 Å². The maximum absolute atomic E-state index is 12.9. The molecule has 0 fully saturated rings. The van der Waals surface area contributed by atoms with Gasteiger partial charge in [0.2, 0.25) is 0 Å². The fraction of sp³-hybridized carbons (Fsp3) is 0. The fourth-order valence-corrected chi connectivity index (χ4v) is 1.91. The molecule has 4 nitrogen and oxygen atoms in total. The largest absolute Gasteiger partial charge is 0.478 e. The first-order valence-corrected chi connectivity index (χ1v) is 5.08. The van der Waals surface area contributed by atoms with E-state index < -0.39 is 11.8 Å². The smallest absolute Gasteiger partial charge is 0.336 e. The van der Waals surface area contributed by atoms with Crippen molar-refractivity contribution < 1.29 is 18.7 Å². The Morgan fingerprint density at radius 1 is 1.50 bits per heavy atom. The number of hydrogen-bond acceptors (Lipinski definition) is 4. The number of hydrogen-bond donors (Lipinski definition) is 1. The first-order valence-electron chi connectivity index (χ1n) is 4.27. The second-order valence-corrected chi connectivity index (χ2v) is 3.84. The number of aromatic nitrogens is 1. The minimum atomic E-state index is -1.19. The molecule has 0 aliphatic heterocycles. The number of carboxylic acids is 1. The van der Waals surface area contributed by atoms with Crippen LogP contribution in [0.3, 0.4) is 0 Å². The van der Waals surface area contributed by atoms with E-state index in [1.807, 2.05) is 0 Å². The Labute approximate surface area is 94.1 Å². The lowest BCUT2D eigenvalue weighted by Gasteiger charge is -2.02. The van der Waals surface area contributed by atoms with E-state index in [0.717, 1.165) is 17.8 Å². The first kappa shape index (κ1) is 10.7. The van der Waals surface area contributed by atoms with Crippen LogP contribution in [0, 0.1) is 5.82 Å². The highest BCUT2D eigenvalue weighted by Gasteiger charge is 2.13. The van der Waals surface area contributed by atoms with Crippen LogP contribution < -0.4 is 0 Å². The van der Waals surface area contributed by atoms with Gasteiger partial charge in [0, 0.05) is 4.90 Å². The normalized spacial score (nSPS) is 10.3. The van der Waals surface area contributed by atoms with E-state index in [2.05, 4.69) is 4.98 Å². The molecule has 2 aromatic rings. The van der Waals surface area contributed by atoms with Gasteiger partial charge in [-0.15, -0.1) is 0 Å². The topological polar surface area (TPSA) is 63.3 Å². The minimum Gasteiger partial charge on any atom is -0.478 e. The highest BCUT2D eigenvalue weighted by molar-refractivity contribution is 7.99. The molecule has 0 atom stereocenters. The summed E-state index contributed by atoms with van der Waals surface area (Å²) >= 11 is 1.03. The lowest BCUT2D eigenvalue weighted by molar-refractivity contribution is 0.0692. The molecule has 82 valence electrons. The van der Waals surface area contributed by atoms with E-state index in [9.17, 15) is 9.18 Å². The van der Waals surface area contributed by atoms with Gasteiger partial charge in [-0.2, -0.15) is 0 Å². The lowest BCUT2D eigenvalue weighted by Crippen LogP contribution is -1.99. The molecule has 0 bridgehead atoms. The van der Waals surface area contributed by atoms with Gasteiger partial charge in [-0.3, -0.25) is 0 Å². The number of carboxylic acid groups (broad SMARTS) is 1. The molecule has 2 rings (SSSR count). The van der Waals surface area contributed by atoms with Crippen LogP contribution in [0.25, 0.3) is 0 Å². The molecular weight excluding hydrogens is 233 g/mol. The van der Waals surface area contributed by atoms with Gasteiger partial charge in [-0.25, -0.2) is 14.2 Å². The maximum Gasteiger partial charge on any atom is 0.336 e. The van der Waals surface area contributed by atoms with E-state index in [1.54, 1.807) is 0 Å². The van der Waals surface area contributed by atoms with Gasteiger partial charge in [0.05, 0.1) is 11.8 Å². The van der Waals surface area contributed by atoms with Gasteiger partial charge in [0.15, 0.2) is 0 Å². The Morgan fingerprint density at radius 2 is 2.31 bits per heavy atom. The van der Waals surface area contributed by atoms with Crippen LogP contribution in [0.2, 0.25) is 0 Å². The number of oxazole rings is 1. The number of aromatic carboxylic acids is 1. The van der Waals surface area contributed by atoms with Crippen molar-refractivity contribution in [1.82, 2.24) is 4.98 Å². The van der Waals surface area contributed by atoms with E-state index in [1.165, 1.54) is 24.6 Å². The predicted octanol–water partition coefficient (Wildman–Crippen LogP) is 2.66. The SMILES string of the molecule is O=C(O)c1cc(F)ccc1Sc1ncco1.